The maximum atomic E-state index is 13.0. The molecule has 2 amide bonds. The second kappa shape index (κ2) is 9.39. The third-order valence-electron chi connectivity index (χ3n) is 4.42. The minimum Gasteiger partial charge on any atom is -0.355 e. The van der Waals surface area contributed by atoms with Gasteiger partial charge in [-0.1, -0.05) is 54.1 Å². The zero-order chi connectivity index (χ0) is 19.1. The highest BCUT2D eigenvalue weighted by Crippen LogP contribution is 2.19. The van der Waals surface area contributed by atoms with Crippen LogP contribution in [0.15, 0.2) is 48.5 Å². The molecule has 0 aliphatic rings. The summed E-state index contributed by atoms with van der Waals surface area (Å²) in [4.78, 5) is 27.0. The van der Waals surface area contributed by atoms with Gasteiger partial charge in [0.25, 0.3) is 0 Å². The minimum atomic E-state index is -0.565. The van der Waals surface area contributed by atoms with Gasteiger partial charge in [0, 0.05) is 18.1 Å². The molecule has 0 heterocycles. The highest BCUT2D eigenvalue weighted by atomic mass is 35.5. The van der Waals surface area contributed by atoms with Crippen molar-refractivity contribution in [1.82, 2.24) is 10.2 Å². The summed E-state index contributed by atoms with van der Waals surface area (Å²) in [6, 6.07) is 14.6. The van der Waals surface area contributed by atoms with Gasteiger partial charge in [-0.3, -0.25) is 9.59 Å². The summed E-state index contributed by atoms with van der Waals surface area (Å²) in [6.45, 7) is 6.53. The third kappa shape index (κ3) is 5.09. The highest BCUT2D eigenvalue weighted by Gasteiger charge is 2.26. The monoisotopic (exact) mass is 372 g/mol. The quantitative estimate of drug-likeness (QED) is 0.804. The van der Waals surface area contributed by atoms with E-state index in [2.05, 4.69) is 5.32 Å². The molecule has 138 valence electrons. The van der Waals surface area contributed by atoms with Crippen molar-refractivity contribution < 1.29 is 9.59 Å². The molecular weight excluding hydrogens is 348 g/mol. The van der Waals surface area contributed by atoms with Crippen LogP contribution in [0, 0.1) is 6.92 Å². The van der Waals surface area contributed by atoms with Crippen molar-refractivity contribution in [2.75, 3.05) is 6.54 Å². The van der Waals surface area contributed by atoms with Crippen LogP contribution in [0.5, 0.6) is 0 Å². The zero-order valence-corrected chi connectivity index (χ0v) is 16.2. The first-order valence-corrected chi connectivity index (χ1v) is 9.17. The number of rotatable bonds is 7. The normalized spacial score (nSPS) is 11.7. The van der Waals surface area contributed by atoms with Gasteiger partial charge in [0.15, 0.2) is 0 Å². The van der Waals surface area contributed by atoms with Crippen molar-refractivity contribution in [2.45, 2.75) is 39.8 Å². The Balaban J connectivity index is 2.27. The molecule has 1 atom stereocenters. The summed E-state index contributed by atoms with van der Waals surface area (Å²) < 4.78 is 0. The molecule has 0 unspecified atom stereocenters. The summed E-state index contributed by atoms with van der Waals surface area (Å²) in [7, 11) is 0. The summed E-state index contributed by atoms with van der Waals surface area (Å²) in [5.41, 5.74) is 2.87. The molecule has 0 radical (unpaired) electrons. The molecule has 2 aromatic carbocycles. The highest BCUT2D eigenvalue weighted by molar-refractivity contribution is 6.31. The molecule has 0 fully saturated rings. The second-order valence-corrected chi connectivity index (χ2v) is 6.69. The van der Waals surface area contributed by atoms with Gasteiger partial charge >= 0.3 is 0 Å². The smallest absolute Gasteiger partial charge is 0.242 e. The first-order chi connectivity index (χ1) is 12.4. The van der Waals surface area contributed by atoms with E-state index in [0.29, 0.717) is 18.1 Å². The second-order valence-electron chi connectivity index (χ2n) is 6.29. The van der Waals surface area contributed by atoms with E-state index >= 15 is 0 Å². The maximum absolute atomic E-state index is 13.0. The number of nitrogens with zero attached hydrogens (tertiary/aromatic N) is 1. The number of hydrogen-bond acceptors (Lipinski definition) is 2. The van der Waals surface area contributed by atoms with E-state index < -0.39 is 6.04 Å². The van der Waals surface area contributed by atoms with Gasteiger partial charge in [-0.2, -0.15) is 0 Å². The summed E-state index contributed by atoms with van der Waals surface area (Å²) in [5, 5.41) is 3.36. The molecule has 0 saturated carbocycles. The Morgan fingerprint density at radius 2 is 1.69 bits per heavy atom. The fourth-order valence-corrected chi connectivity index (χ4v) is 2.98. The van der Waals surface area contributed by atoms with Crippen molar-refractivity contribution in [3.05, 3.63) is 70.2 Å². The average Bonchev–Trinajstić information content (AvgIpc) is 2.62. The Hall–Kier alpha value is -2.33. The molecule has 4 nitrogen and oxygen atoms in total. The van der Waals surface area contributed by atoms with Crippen LogP contribution >= 0.6 is 11.6 Å². The van der Waals surface area contributed by atoms with Crippen molar-refractivity contribution in [3.63, 3.8) is 0 Å². The van der Waals surface area contributed by atoms with Gasteiger partial charge in [0.1, 0.15) is 6.04 Å². The molecular formula is C21H25ClN2O2. The molecule has 0 aromatic heterocycles. The summed E-state index contributed by atoms with van der Waals surface area (Å²) in [6.07, 6.45) is 0.162. The molecule has 0 aliphatic carbocycles. The van der Waals surface area contributed by atoms with Crippen LogP contribution in [0.25, 0.3) is 0 Å². The molecule has 2 rings (SSSR count). The van der Waals surface area contributed by atoms with E-state index in [0.717, 1.165) is 16.7 Å². The van der Waals surface area contributed by atoms with Crippen LogP contribution in [0.2, 0.25) is 5.02 Å². The largest absolute Gasteiger partial charge is 0.355 e. The molecule has 0 saturated heterocycles. The van der Waals surface area contributed by atoms with Gasteiger partial charge in [-0.05, 0) is 43.5 Å². The molecule has 0 aliphatic heterocycles. The average molecular weight is 373 g/mol. The number of aryl methyl sites for hydroxylation is 1. The van der Waals surface area contributed by atoms with Crippen LogP contribution < -0.4 is 5.32 Å². The van der Waals surface area contributed by atoms with Crippen LogP contribution in [0.4, 0.5) is 0 Å². The van der Waals surface area contributed by atoms with Gasteiger partial charge in [-0.15, -0.1) is 0 Å². The molecule has 1 N–H and O–H groups in total. The topological polar surface area (TPSA) is 49.4 Å². The van der Waals surface area contributed by atoms with E-state index in [1.54, 1.807) is 17.9 Å². The molecule has 0 spiro atoms. The number of amides is 2. The Morgan fingerprint density at radius 1 is 1.08 bits per heavy atom. The van der Waals surface area contributed by atoms with Crippen molar-refractivity contribution in [1.29, 1.82) is 0 Å². The molecule has 5 heteroatoms. The Kier molecular flexibility index (Phi) is 7.22. The van der Waals surface area contributed by atoms with Crippen LogP contribution in [-0.4, -0.2) is 29.3 Å². The first-order valence-electron chi connectivity index (χ1n) is 8.79. The molecule has 2 aromatic rings. The SMILES string of the molecule is CCNC(=O)[C@@H](C)N(Cc1ccccc1C)C(=O)Cc1ccccc1Cl. The van der Waals surface area contributed by atoms with Crippen LogP contribution in [0.1, 0.15) is 30.5 Å². The minimum absolute atomic E-state index is 0.125. The fourth-order valence-electron chi connectivity index (χ4n) is 2.78. The van der Waals surface area contributed by atoms with E-state index in [-0.39, 0.29) is 18.2 Å². The fraction of sp³-hybridized carbons (Fsp3) is 0.333. The lowest BCUT2D eigenvalue weighted by Gasteiger charge is -2.29. The number of carbonyl (C=O) groups is 2. The van der Waals surface area contributed by atoms with E-state index in [9.17, 15) is 9.59 Å². The number of halogens is 1. The molecule has 0 bridgehead atoms. The lowest BCUT2D eigenvalue weighted by Crippen LogP contribution is -2.48. The lowest BCUT2D eigenvalue weighted by atomic mass is 10.1. The predicted molar refractivity (Wildman–Crippen MR) is 105 cm³/mol. The number of benzene rings is 2. The molecule has 26 heavy (non-hydrogen) atoms. The number of carbonyl (C=O) groups excluding carboxylic acids is 2. The Morgan fingerprint density at radius 3 is 2.31 bits per heavy atom. The van der Waals surface area contributed by atoms with E-state index in [4.69, 9.17) is 11.6 Å². The van der Waals surface area contributed by atoms with Crippen LogP contribution in [0.3, 0.4) is 0 Å². The van der Waals surface area contributed by atoms with E-state index in [1.807, 2.05) is 56.3 Å². The number of hydrogen-bond donors (Lipinski definition) is 1. The lowest BCUT2D eigenvalue weighted by molar-refractivity contribution is -0.140. The Labute approximate surface area is 160 Å². The van der Waals surface area contributed by atoms with Gasteiger partial charge in [0.2, 0.25) is 11.8 Å². The predicted octanol–water partition coefficient (Wildman–Crippen LogP) is 3.74. The van der Waals surface area contributed by atoms with Gasteiger partial charge in [-0.25, -0.2) is 0 Å². The maximum Gasteiger partial charge on any atom is 0.242 e. The van der Waals surface area contributed by atoms with Crippen molar-refractivity contribution in [3.8, 4) is 0 Å². The zero-order valence-electron chi connectivity index (χ0n) is 15.5. The standard InChI is InChI=1S/C21H25ClN2O2/c1-4-23-21(26)16(3)24(14-18-11-6-5-9-15(18)2)20(25)13-17-10-7-8-12-19(17)22/h5-12,16H,4,13-14H2,1-3H3,(H,23,26)/t16-/m1/s1. The number of likely N-dealkylation sites (N-methyl/N-ethyl adjacent to an activating group) is 1. The Bertz CT molecular complexity index is 776. The third-order valence-corrected chi connectivity index (χ3v) is 4.79. The van der Waals surface area contributed by atoms with Gasteiger partial charge < -0.3 is 10.2 Å². The summed E-state index contributed by atoms with van der Waals surface area (Å²) >= 11 is 6.20. The number of nitrogens with one attached hydrogen (secondary N) is 1. The van der Waals surface area contributed by atoms with Crippen LogP contribution in [-0.2, 0) is 22.6 Å². The van der Waals surface area contributed by atoms with Crippen molar-refractivity contribution >= 4 is 23.4 Å². The van der Waals surface area contributed by atoms with Crippen molar-refractivity contribution in [2.24, 2.45) is 0 Å². The first kappa shape index (κ1) is 20.0. The van der Waals surface area contributed by atoms with E-state index in [1.165, 1.54) is 0 Å². The summed E-state index contributed by atoms with van der Waals surface area (Å²) in [5.74, 6) is -0.284. The van der Waals surface area contributed by atoms with Gasteiger partial charge in [0.05, 0.1) is 6.42 Å².